The molecule has 7 nitrogen and oxygen atoms in total. The molecule has 170 valence electrons. The SMILES string of the molecule is COC(=O)C1=C(C)N=c2sc(=Cc3cccc(Br)c3)c(=O)n2C1c1ccc(OC)c(OC)c1. The van der Waals surface area contributed by atoms with Crippen LogP contribution in [0.4, 0.5) is 0 Å². The molecule has 3 aromatic rings. The maximum atomic E-state index is 13.6. The second-order valence-corrected chi connectivity index (χ2v) is 9.17. The molecule has 0 radical (unpaired) electrons. The number of hydrogen-bond donors (Lipinski definition) is 0. The minimum absolute atomic E-state index is 0.243. The quantitative estimate of drug-likeness (QED) is 0.475. The fourth-order valence-electron chi connectivity index (χ4n) is 3.78. The number of fused-ring (bicyclic) bond motifs is 1. The van der Waals surface area contributed by atoms with Crippen molar-refractivity contribution in [2.45, 2.75) is 13.0 Å². The number of methoxy groups -OCH3 is 3. The van der Waals surface area contributed by atoms with E-state index in [0.717, 1.165) is 10.0 Å². The zero-order valence-electron chi connectivity index (χ0n) is 18.4. The third kappa shape index (κ3) is 4.26. The number of rotatable bonds is 5. The molecule has 2 heterocycles. The molecule has 1 aliphatic rings. The highest BCUT2D eigenvalue weighted by atomic mass is 79.9. The fraction of sp³-hybridized carbons (Fsp3) is 0.208. The van der Waals surface area contributed by atoms with Crippen LogP contribution < -0.4 is 24.4 Å². The van der Waals surface area contributed by atoms with E-state index in [0.29, 0.717) is 37.7 Å². The van der Waals surface area contributed by atoms with E-state index in [9.17, 15) is 9.59 Å². The molecule has 0 bridgehead atoms. The summed E-state index contributed by atoms with van der Waals surface area (Å²) in [5.41, 5.74) is 2.11. The number of carbonyl (C=O) groups excluding carboxylic acids is 1. The predicted octanol–water partition coefficient (Wildman–Crippen LogP) is 3.19. The van der Waals surface area contributed by atoms with Crippen molar-refractivity contribution >= 4 is 39.3 Å². The fourth-order valence-corrected chi connectivity index (χ4v) is 5.24. The normalized spacial score (nSPS) is 15.7. The first kappa shape index (κ1) is 23.0. The third-order valence-electron chi connectivity index (χ3n) is 5.30. The number of esters is 1. The smallest absolute Gasteiger partial charge is 0.338 e. The van der Waals surface area contributed by atoms with Crippen LogP contribution in [0.2, 0.25) is 0 Å². The Morgan fingerprint density at radius 3 is 2.55 bits per heavy atom. The first-order chi connectivity index (χ1) is 15.9. The number of nitrogens with zero attached hydrogens (tertiary/aromatic N) is 2. The maximum absolute atomic E-state index is 13.6. The summed E-state index contributed by atoms with van der Waals surface area (Å²) in [5.74, 6) is 0.492. The topological polar surface area (TPSA) is 79.1 Å². The zero-order chi connectivity index (χ0) is 23.7. The highest BCUT2D eigenvalue weighted by Gasteiger charge is 2.33. The largest absolute Gasteiger partial charge is 0.493 e. The Hall–Kier alpha value is -3.17. The number of carbonyl (C=O) groups is 1. The van der Waals surface area contributed by atoms with Crippen LogP contribution in [-0.2, 0) is 9.53 Å². The van der Waals surface area contributed by atoms with Gasteiger partial charge >= 0.3 is 5.97 Å². The van der Waals surface area contributed by atoms with E-state index in [1.807, 2.05) is 30.3 Å². The molecule has 0 N–H and O–H groups in total. The Morgan fingerprint density at radius 2 is 1.88 bits per heavy atom. The molecular formula is C24H21BrN2O5S. The van der Waals surface area contributed by atoms with Crippen LogP contribution in [0.3, 0.4) is 0 Å². The summed E-state index contributed by atoms with van der Waals surface area (Å²) in [5, 5.41) is 0. The standard InChI is InChI=1S/C24H21BrN2O5S/c1-13-20(23(29)32-4)21(15-8-9-17(30-2)18(12-15)31-3)27-22(28)19(33-24(27)26-13)11-14-6-5-7-16(25)10-14/h5-12,21H,1-4H3. The summed E-state index contributed by atoms with van der Waals surface area (Å²) in [7, 11) is 4.40. The van der Waals surface area contributed by atoms with Crippen molar-refractivity contribution in [3.05, 3.63) is 89.0 Å². The minimum atomic E-state index is -0.724. The number of thiazole rings is 1. The van der Waals surface area contributed by atoms with E-state index in [-0.39, 0.29) is 5.56 Å². The average molecular weight is 529 g/mol. The molecule has 0 saturated carbocycles. The number of benzene rings is 2. The van der Waals surface area contributed by atoms with Crippen molar-refractivity contribution in [2.75, 3.05) is 21.3 Å². The number of halogens is 1. The van der Waals surface area contributed by atoms with Crippen molar-refractivity contribution in [3.8, 4) is 11.5 Å². The molecule has 0 aliphatic carbocycles. The molecular weight excluding hydrogens is 508 g/mol. The summed E-state index contributed by atoms with van der Waals surface area (Å²) in [6.45, 7) is 1.74. The van der Waals surface area contributed by atoms with Crippen LogP contribution in [0.15, 0.2) is 68.0 Å². The lowest BCUT2D eigenvalue weighted by molar-refractivity contribution is -0.136. The molecule has 9 heteroatoms. The van der Waals surface area contributed by atoms with Crippen LogP contribution in [0.5, 0.6) is 11.5 Å². The van der Waals surface area contributed by atoms with E-state index in [1.165, 1.54) is 30.1 Å². The van der Waals surface area contributed by atoms with Crippen molar-refractivity contribution in [2.24, 2.45) is 4.99 Å². The van der Waals surface area contributed by atoms with Crippen LogP contribution in [0.1, 0.15) is 24.1 Å². The molecule has 1 atom stereocenters. The summed E-state index contributed by atoms with van der Waals surface area (Å²) < 4.78 is 18.8. The molecule has 2 aromatic carbocycles. The molecule has 0 saturated heterocycles. The number of allylic oxidation sites excluding steroid dienone is 1. The number of hydrogen-bond acceptors (Lipinski definition) is 7. The van der Waals surface area contributed by atoms with Gasteiger partial charge in [-0.1, -0.05) is 45.5 Å². The monoisotopic (exact) mass is 528 g/mol. The van der Waals surface area contributed by atoms with Gasteiger partial charge in [0.25, 0.3) is 5.56 Å². The number of aromatic nitrogens is 1. The Kier molecular flexibility index (Phi) is 6.53. The minimum Gasteiger partial charge on any atom is -0.493 e. The molecule has 1 aliphatic heterocycles. The zero-order valence-corrected chi connectivity index (χ0v) is 20.8. The van der Waals surface area contributed by atoms with Crippen molar-refractivity contribution in [3.63, 3.8) is 0 Å². The molecule has 0 fully saturated rings. The second-order valence-electron chi connectivity index (χ2n) is 7.24. The summed E-state index contributed by atoms with van der Waals surface area (Å²) in [4.78, 5) is 31.4. The molecule has 0 amide bonds. The van der Waals surface area contributed by atoms with Crippen LogP contribution in [0, 0.1) is 0 Å². The predicted molar refractivity (Wildman–Crippen MR) is 129 cm³/mol. The van der Waals surface area contributed by atoms with Gasteiger partial charge in [-0.3, -0.25) is 9.36 Å². The summed E-state index contributed by atoms with van der Waals surface area (Å²) in [6.07, 6.45) is 1.82. The molecule has 1 unspecified atom stereocenters. The van der Waals surface area contributed by atoms with Gasteiger partial charge in [-0.15, -0.1) is 0 Å². The van der Waals surface area contributed by atoms with Crippen LogP contribution in [-0.4, -0.2) is 31.9 Å². The van der Waals surface area contributed by atoms with Crippen LogP contribution in [0.25, 0.3) is 6.08 Å². The number of ether oxygens (including phenoxy) is 3. The van der Waals surface area contributed by atoms with Crippen molar-refractivity contribution in [1.82, 2.24) is 4.57 Å². The van der Waals surface area contributed by atoms with Crippen molar-refractivity contribution < 1.29 is 19.0 Å². The van der Waals surface area contributed by atoms with Crippen molar-refractivity contribution in [1.29, 1.82) is 0 Å². The van der Waals surface area contributed by atoms with Gasteiger partial charge in [0, 0.05) is 4.47 Å². The Labute approximate surface area is 202 Å². The van der Waals surface area contributed by atoms with E-state index in [1.54, 1.807) is 32.2 Å². The summed E-state index contributed by atoms with van der Waals surface area (Å²) >= 11 is 4.73. The van der Waals surface area contributed by atoms with Gasteiger partial charge in [-0.25, -0.2) is 9.79 Å². The second kappa shape index (κ2) is 9.36. The van der Waals surface area contributed by atoms with Crippen LogP contribution >= 0.6 is 27.3 Å². The van der Waals surface area contributed by atoms with Gasteiger partial charge in [-0.05, 0) is 48.4 Å². The average Bonchev–Trinajstić information content (AvgIpc) is 3.11. The first-order valence-electron chi connectivity index (χ1n) is 9.96. The van der Waals surface area contributed by atoms with Gasteiger partial charge in [-0.2, -0.15) is 0 Å². The van der Waals surface area contributed by atoms with Gasteiger partial charge in [0.15, 0.2) is 16.3 Å². The molecule has 4 rings (SSSR count). The Bertz CT molecular complexity index is 1450. The first-order valence-corrected chi connectivity index (χ1v) is 11.6. The molecule has 0 spiro atoms. The lowest BCUT2D eigenvalue weighted by Gasteiger charge is -2.25. The van der Waals surface area contributed by atoms with Gasteiger partial charge < -0.3 is 14.2 Å². The van der Waals surface area contributed by atoms with E-state index in [2.05, 4.69) is 20.9 Å². The highest BCUT2D eigenvalue weighted by Crippen LogP contribution is 2.35. The third-order valence-corrected chi connectivity index (χ3v) is 6.77. The Balaban J connectivity index is 1.99. The molecule has 1 aromatic heterocycles. The lowest BCUT2D eigenvalue weighted by Crippen LogP contribution is -2.39. The summed E-state index contributed by atoms with van der Waals surface area (Å²) in [6, 6.07) is 12.2. The van der Waals surface area contributed by atoms with E-state index < -0.39 is 12.0 Å². The van der Waals surface area contributed by atoms with Gasteiger partial charge in [0.2, 0.25) is 0 Å². The maximum Gasteiger partial charge on any atom is 0.338 e. The lowest BCUT2D eigenvalue weighted by atomic mass is 9.95. The molecule has 33 heavy (non-hydrogen) atoms. The van der Waals surface area contributed by atoms with Gasteiger partial charge in [0.05, 0.1) is 43.2 Å². The van der Waals surface area contributed by atoms with Gasteiger partial charge in [0.1, 0.15) is 0 Å². The highest BCUT2D eigenvalue weighted by molar-refractivity contribution is 9.10. The van der Waals surface area contributed by atoms with E-state index in [4.69, 9.17) is 14.2 Å². The Morgan fingerprint density at radius 1 is 1.12 bits per heavy atom. The van der Waals surface area contributed by atoms with E-state index >= 15 is 0 Å².